The van der Waals surface area contributed by atoms with Gasteiger partial charge in [-0.25, -0.2) is 4.79 Å². The number of aliphatic carboxylic acids is 1. The van der Waals surface area contributed by atoms with Crippen molar-refractivity contribution in [2.75, 3.05) is 6.61 Å². The molecule has 4 nitrogen and oxygen atoms in total. The van der Waals surface area contributed by atoms with E-state index < -0.39 is 18.1 Å². The second-order valence-corrected chi connectivity index (χ2v) is 3.05. The molecule has 0 spiro atoms. The Morgan fingerprint density at radius 1 is 1.28 bits per heavy atom. The summed E-state index contributed by atoms with van der Waals surface area (Å²) in [5.41, 5.74) is 0. The van der Waals surface area contributed by atoms with Crippen LogP contribution < -0.4 is 9.47 Å². The van der Waals surface area contributed by atoms with Crippen LogP contribution in [0, 0.1) is 0 Å². The lowest BCUT2D eigenvalue weighted by molar-refractivity contribution is -0.275. The Balaban J connectivity index is 2.68. The number of rotatable bonds is 5. The summed E-state index contributed by atoms with van der Waals surface area (Å²) in [5, 5.41) is 8.30. The van der Waals surface area contributed by atoms with Crippen LogP contribution in [-0.4, -0.2) is 24.0 Å². The highest BCUT2D eigenvalue weighted by molar-refractivity contribution is 5.79. The van der Waals surface area contributed by atoms with Crippen LogP contribution in [0.5, 0.6) is 11.5 Å². The van der Waals surface area contributed by atoms with Crippen LogP contribution in [0.4, 0.5) is 13.2 Å². The standard InChI is InChI=1S/C11H9F3O4/c12-11(13,14)18-9-5-2-1-4-8(9)17-7-3-6-10(15)16/h1-6H,7H2,(H,15,16)/b6-3+. The van der Waals surface area contributed by atoms with Crippen molar-refractivity contribution in [3.8, 4) is 11.5 Å². The number of carboxylic acids is 1. The smallest absolute Gasteiger partial charge is 0.486 e. The van der Waals surface area contributed by atoms with Gasteiger partial charge in [-0.15, -0.1) is 13.2 Å². The zero-order valence-electron chi connectivity index (χ0n) is 8.98. The number of ether oxygens (including phenoxy) is 2. The maximum Gasteiger partial charge on any atom is 0.573 e. The first-order valence-corrected chi connectivity index (χ1v) is 4.75. The van der Waals surface area contributed by atoms with Gasteiger partial charge in [0.2, 0.25) is 0 Å². The van der Waals surface area contributed by atoms with Gasteiger partial charge in [-0.1, -0.05) is 12.1 Å². The summed E-state index contributed by atoms with van der Waals surface area (Å²) in [6.45, 7) is -0.176. The van der Waals surface area contributed by atoms with E-state index in [9.17, 15) is 18.0 Å². The molecule has 0 saturated heterocycles. The maximum absolute atomic E-state index is 12.0. The van der Waals surface area contributed by atoms with Crippen LogP contribution in [0.1, 0.15) is 0 Å². The lowest BCUT2D eigenvalue weighted by Gasteiger charge is -2.12. The van der Waals surface area contributed by atoms with Crippen molar-refractivity contribution < 1.29 is 32.5 Å². The first-order chi connectivity index (χ1) is 8.38. The van der Waals surface area contributed by atoms with Gasteiger partial charge in [0, 0.05) is 6.08 Å². The monoisotopic (exact) mass is 262 g/mol. The fourth-order valence-corrected chi connectivity index (χ4v) is 1.07. The molecular weight excluding hydrogens is 253 g/mol. The van der Waals surface area contributed by atoms with Crippen LogP contribution >= 0.6 is 0 Å². The molecule has 0 aliphatic heterocycles. The third kappa shape index (κ3) is 5.24. The van der Waals surface area contributed by atoms with E-state index in [2.05, 4.69) is 4.74 Å². The van der Waals surface area contributed by atoms with Crippen molar-refractivity contribution in [2.45, 2.75) is 6.36 Å². The molecule has 0 unspecified atom stereocenters. The van der Waals surface area contributed by atoms with E-state index in [0.29, 0.717) is 0 Å². The summed E-state index contributed by atoms with van der Waals surface area (Å²) in [6, 6.07) is 5.22. The summed E-state index contributed by atoms with van der Waals surface area (Å²) >= 11 is 0. The number of hydrogen-bond acceptors (Lipinski definition) is 3. The summed E-state index contributed by atoms with van der Waals surface area (Å²) in [4.78, 5) is 10.1. The average molecular weight is 262 g/mol. The second kappa shape index (κ2) is 5.95. The third-order valence-corrected chi connectivity index (χ3v) is 1.67. The minimum Gasteiger partial charge on any atom is -0.486 e. The van der Waals surface area contributed by atoms with Gasteiger partial charge in [-0.05, 0) is 18.2 Å². The molecule has 0 fully saturated rings. The zero-order valence-corrected chi connectivity index (χ0v) is 8.98. The van der Waals surface area contributed by atoms with E-state index in [-0.39, 0.29) is 12.4 Å². The molecule has 18 heavy (non-hydrogen) atoms. The van der Waals surface area contributed by atoms with Gasteiger partial charge in [0.15, 0.2) is 11.5 Å². The molecule has 0 amide bonds. The minimum atomic E-state index is -4.81. The highest BCUT2D eigenvalue weighted by Crippen LogP contribution is 2.31. The molecule has 0 atom stereocenters. The molecule has 1 aromatic carbocycles. The SMILES string of the molecule is O=C(O)/C=C/COc1ccccc1OC(F)(F)F. The van der Waals surface area contributed by atoms with E-state index in [4.69, 9.17) is 9.84 Å². The van der Waals surface area contributed by atoms with Gasteiger partial charge in [-0.2, -0.15) is 0 Å². The molecular formula is C11H9F3O4. The Bertz CT molecular complexity index is 440. The summed E-state index contributed by atoms with van der Waals surface area (Å²) < 4.78 is 44.8. The molecule has 0 bridgehead atoms. The highest BCUT2D eigenvalue weighted by Gasteiger charge is 2.32. The number of alkyl halides is 3. The fraction of sp³-hybridized carbons (Fsp3) is 0.182. The van der Waals surface area contributed by atoms with Crippen molar-refractivity contribution >= 4 is 5.97 Å². The molecule has 0 radical (unpaired) electrons. The van der Waals surface area contributed by atoms with Crippen LogP contribution in [0.3, 0.4) is 0 Å². The van der Waals surface area contributed by atoms with Gasteiger partial charge in [0.25, 0.3) is 0 Å². The van der Waals surface area contributed by atoms with Crippen molar-refractivity contribution in [1.82, 2.24) is 0 Å². The molecule has 0 saturated carbocycles. The first-order valence-electron chi connectivity index (χ1n) is 4.75. The zero-order chi connectivity index (χ0) is 13.6. The third-order valence-electron chi connectivity index (χ3n) is 1.67. The van der Waals surface area contributed by atoms with E-state index in [0.717, 1.165) is 18.2 Å². The van der Waals surface area contributed by atoms with Crippen molar-refractivity contribution in [1.29, 1.82) is 0 Å². The van der Waals surface area contributed by atoms with Crippen molar-refractivity contribution in [2.24, 2.45) is 0 Å². The van der Waals surface area contributed by atoms with Crippen molar-refractivity contribution in [3.05, 3.63) is 36.4 Å². The highest BCUT2D eigenvalue weighted by atomic mass is 19.4. The van der Waals surface area contributed by atoms with Gasteiger partial charge < -0.3 is 14.6 Å². The quantitative estimate of drug-likeness (QED) is 0.829. The number of halogens is 3. The minimum absolute atomic E-state index is 0.120. The van der Waals surface area contributed by atoms with Gasteiger partial charge in [0.1, 0.15) is 6.61 Å². The Morgan fingerprint density at radius 3 is 2.44 bits per heavy atom. The van der Waals surface area contributed by atoms with Crippen LogP contribution in [-0.2, 0) is 4.79 Å². The van der Waals surface area contributed by atoms with E-state index >= 15 is 0 Å². The summed E-state index contributed by atoms with van der Waals surface area (Å²) in [5.74, 6) is -1.77. The topological polar surface area (TPSA) is 55.8 Å². The first kappa shape index (κ1) is 13.9. The molecule has 1 aromatic rings. The van der Waals surface area contributed by atoms with E-state index in [1.54, 1.807) is 0 Å². The Labute approximate surface area is 100 Å². The molecule has 0 aliphatic carbocycles. The molecule has 98 valence electrons. The van der Waals surface area contributed by atoms with Crippen LogP contribution in [0.15, 0.2) is 36.4 Å². The lowest BCUT2D eigenvalue weighted by Crippen LogP contribution is -2.17. The maximum atomic E-state index is 12.0. The van der Waals surface area contributed by atoms with Gasteiger partial charge >= 0.3 is 12.3 Å². The molecule has 0 aromatic heterocycles. The van der Waals surface area contributed by atoms with Gasteiger partial charge in [0.05, 0.1) is 0 Å². The Morgan fingerprint density at radius 2 is 1.89 bits per heavy atom. The molecule has 0 heterocycles. The van der Waals surface area contributed by atoms with E-state index in [1.807, 2.05) is 0 Å². The average Bonchev–Trinajstić information content (AvgIpc) is 2.24. The number of hydrogen-bond donors (Lipinski definition) is 1. The number of carboxylic acid groups (broad SMARTS) is 1. The normalized spacial score (nSPS) is 11.5. The lowest BCUT2D eigenvalue weighted by atomic mass is 10.3. The fourth-order valence-electron chi connectivity index (χ4n) is 1.07. The molecule has 7 heteroatoms. The molecule has 0 aliphatic rings. The van der Waals surface area contributed by atoms with Crippen LogP contribution in [0.25, 0.3) is 0 Å². The largest absolute Gasteiger partial charge is 0.573 e. The second-order valence-electron chi connectivity index (χ2n) is 3.05. The Kier molecular flexibility index (Phi) is 4.59. The van der Waals surface area contributed by atoms with E-state index in [1.165, 1.54) is 18.2 Å². The molecule has 1 N–H and O–H groups in total. The van der Waals surface area contributed by atoms with Crippen LogP contribution in [0.2, 0.25) is 0 Å². The number of para-hydroxylation sites is 2. The summed E-state index contributed by atoms with van der Waals surface area (Å²) in [6.07, 6.45) is -2.82. The van der Waals surface area contributed by atoms with Gasteiger partial charge in [-0.3, -0.25) is 0 Å². The predicted octanol–water partition coefficient (Wildman–Crippen LogP) is 2.60. The number of carbonyl (C=O) groups is 1. The summed E-state index contributed by atoms with van der Waals surface area (Å²) in [7, 11) is 0. The van der Waals surface area contributed by atoms with Crippen molar-refractivity contribution in [3.63, 3.8) is 0 Å². The predicted molar refractivity (Wildman–Crippen MR) is 55.4 cm³/mol. The Hall–Kier alpha value is -2.18. The molecule has 1 rings (SSSR count). The number of benzene rings is 1.